The molecule has 0 atom stereocenters. The second kappa shape index (κ2) is 13.3. The molecule has 0 aliphatic heterocycles. The van der Waals surface area contributed by atoms with E-state index in [1.54, 1.807) is 55.6 Å². The molecule has 0 saturated carbocycles. The van der Waals surface area contributed by atoms with E-state index in [0.29, 0.717) is 39.9 Å². The summed E-state index contributed by atoms with van der Waals surface area (Å²) in [5, 5.41) is 6.37. The summed E-state index contributed by atoms with van der Waals surface area (Å²) in [6.07, 6.45) is 1.41. The minimum Gasteiger partial charge on any atom is -0.497 e. The van der Waals surface area contributed by atoms with Gasteiger partial charge in [0.25, 0.3) is 11.8 Å². The molecule has 0 spiro atoms. The number of hydrazone groups is 1. The number of hydrogen-bond donors (Lipinski definition) is 2. The fraction of sp³-hybridized carbons (Fsp3) is 0.185. The van der Waals surface area contributed by atoms with E-state index >= 15 is 0 Å². The molecule has 198 valence electrons. The average Bonchev–Trinajstić information content (AvgIpc) is 2.95. The third-order valence-electron chi connectivity index (χ3n) is 5.16. The van der Waals surface area contributed by atoms with Crippen molar-refractivity contribution in [1.82, 2.24) is 10.7 Å². The number of carbonyl (C=O) groups is 3. The zero-order valence-corrected chi connectivity index (χ0v) is 21.3. The summed E-state index contributed by atoms with van der Waals surface area (Å²) in [5.41, 5.74) is 3.59. The first-order chi connectivity index (χ1) is 18.4. The Balaban J connectivity index is 1.49. The summed E-state index contributed by atoms with van der Waals surface area (Å²) in [6, 6.07) is 16.0. The first-order valence-electron chi connectivity index (χ1n) is 11.2. The van der Waals surface area contributed by atoms with E-state index in [-0.39, 0.29) is 12.1 Å². The SMILES string of the molecule is COc1ccc(C(=O)Oc2ccc(/C=N/NC(=O)CNC(=O)c3cc(OC)c(OC)c(OC)c3)cc2)cc1. The van der Waals surface area contributed by atoms with Gasteiger partial charge in [-0.3, -0.25) is 9.59 Å². The lowest BCUT2D eigenvalue weighted by Gasteiger charge is -2.14. The van der Waals surface area contributed by atoms with Gasteiger partial charge in [0.15, 0.2) is 11.5 Å². The maximum Gasteiger partial charge on any atom is 0.343 e. The first kappa shape index (κ1) is 27.5. The molecule has 3 rings (SSSR count). The summed E-state index contributed by atoms with van der Waals surface area (Å²) in [4.78, 5) is 36.8. The third-order valence-corrected chi connectivity index (χ3v) is 5.16. The summed E-state index contributed by atoms with van der Waals surface area (Å²) in [7, 11) is 5.87. The van der Waals surface area contributed by atoms with Crippen molar-refractivity contribution in [2.24, 2.45) is 5.10 Å². The number of ether oxygens (including phenoxy) is 5. The number of nitrogens with one attached hydrogen (secondary N) is 2. The molecular weight excluding hydrogens is 494 g/mol. The van der Waals surface area contributed by atoms with Crippen molar-refractivity contribution in [1.29, 1.82) is 0 Å². The summed E-state index contributed by atoms with van der Waals surface area (Å²) in [5.74, 6) is 0.409. The number of nitrogens with zero attached hydrogens (tertiary/aromatic N) is 1. The lowest BCUT2D eigenvalue weighted by molar-refractivity contribution is -0.120. The highest BCUT2D eigenvalue weighted by Crippen LogP contribution is 2.38. The molecule has 0 aliphatic carbocycles. The Hall–Kier alpha value is -5.06. The molecule has 0 fully saturated rings. The Morgan fingerprint density at radius 3 is 1.92 bits per heavy atom. The maximum atomic E-state index is 12.5. The van der Waals surface area contributed by atoms with Crippen LogP contribution in [0, 0.1) is 0 Å². The Kier molecular flexibility index (Phi) is 9.64. The van der Waals surface area contributed by atoms with Gasteiger partial charge in [0.05, 0.1) is 46.8 Å². The van der Waals surface area contributed by atoms with E-state index in [4.69, 9.17) is 23.7 Å². The van der Waals surface area contributed by atoms with Crippen molar-refractivity contribution >= 4 is 24.0 Å². The van der Waals surface area contributed by atoms with Crippen LogP contribution in [0.15, 0.2) is 65.8 Å². The summed E-state index contributed by atoms with van der Waals surface area (Å²) in [6.45, 7) is -0.312. The van der Waals surface area contributed by atoms with E-state index in [0.717, 1.165) is 0 Å². The molecule has 0 heterocycles. The van der Waals surface area contributed by atoms with E-state index in [2.05, 4.69) is 15.8 Å². The highest BCUT2D eigenvalue weighted by atomic mass is 16.5. The second-order valence-corrected chi connectivity index (χ2v) is 7.58. The monoisotopic (exact) mass is 521 g/mol. The van der Waals surface area contributed by atoms with E-state index in [9.17, 15) is 14.4 Å². The van der Waals surface area contributed by atoms with Crippen LogP contribution >= 0.6 is 0 Å². The highest BCUT2D eigenvalue weighted by molar-refractivity contribution is 5.97. The van der Waals surface area contributed by atoms with Crippen LogP contribution in [0.5, 0.6) is 28.7 Å². The van der Waals surface area contributed by atoms with Gasteiger partial charge in [0.2, 0.25) is 5.75 Å². The zero-order chi connectivity index (χ0) is 27.5. The fourth-order valence-electron chi connectivity index (χ4n) is 3.21. The topological polar surface area (TPSA) is 134 Å². The number of benzene rings is 3. The second-order valence-electron chi connectivity index (χ2n) is 7.58. The van der Waals surface area contributed by atoms with Gasteiger partial charge < -0.3 is 29.0 Å². The lowest BCUT2D eigenvalue weighted by atomic mass is 10.1. The van der Waals surface area contributed by atoms with Gasteiger partial charge >= 0.3 is 5.97 Å². The predicted molar refractivity (Wildman–Crippen MR) is 139 cm³/mol. The third kappa shape index (κ3) is 7.23. The van der Waals surface area contributed by atoms with Gasteiger partial charge in [0, 0.05) is 5.56 Å². The van der Waals surface area contributed by atoms with Crippen molar-refractivity contribution < 1.29 is 38.1 Å². The standard InChI is InChI=1S/C27H27N3O8/c1-34-20-11-7-18(8-12-20)27(33)38-21-9-5-17(6-10-21)15-29-30-24(31)16-28-26(32)19-13-22(35-2)25(37-4)23(14-19)36-3/h5-15H,16H2,1-4H3,(H,28,32)(H,30,31)/b29-15+. The molecule has 0 aliphatic rings. The quantitative estimate of drug-likeness (QED) is 0.170. The van der Waals surface area contributed by atoms with Gasteiger partial charge in [-0.2, -0.15) is 5.10 Å². The number of carbonyl (C=O) groups excluding carboxylic acids is 3. The smallest absolute Gasteiger partial charge is 0.343 e. The molecule has 0 saturated heterocycles. The van der Waals surface area contributed by atoms with Crippen LogP contribution in [0.1, 0.15) is 26.3 Å². The van der Waals surface area contributed by atoms with Crippen LogP contribution in [0.25, 0.3) is 0 Å². The van der Waals surface area contributed by atoms with Crippen LogP contribution < -0.4 is 34.4 Å². The van der Waals surface area contributed by atoms with Gasteiger partial charge in [0.1, 0.15) is 11.5 Å². The van der Waals surface area contributed by atoms with Crippen molar-refractivity contribution in [2.75, 3.05) is 35.0 Å². The molecule has 2 amide bonds. The van der Waals surface area contributed by atoms with Crippen molar-refractivity contribution in [3.63, 3.8) is 0 Å². The van der Waals surface area contributed by atoms with E-state index in [1.807, 2.05) is 0 Å². The molecule has 0 unspecified atom stereocenters. The average molecular weight is 522 g/mol. The molecule has 3 aromatic rings. The van der Waals surface area contributed by atoms with Crippen LogP contribution in [-0.2, 0) is 4.79 Å². The number of esters is 1. The highest BCUT2D eigenvalue weighted by Gasteiger charge is 2.17. The Bertz CT molecular complexity index is 1280. The Labute approximate surface area is 219 Å². The normalized spacial score (nSPS) is 10.4. The molecule has 0 radical (unpaired) electrons. The number of amides is 2. The van der Waals surface area contributed by atoms with E-state index in [1.165, 1.54) is 39.7 Å². The number of hydrogen-bond acceptors (Lipinski definition) is 9. The molecule has 0 bridgehead atoms. The van der Waals surface area contributed by atoms with Crippen molar-refractivity contribution in [3.8, 4) is 28.7 Å². The number of rotatable bonds is 11. The first-order valence-corrected chi connectivity index (χ1v) is 11.2. The minimum absolute atomic E-state index is 0.226. The minimum atomic E-state index is -0.535. The molecule has 3 aromatic carbocycles. The van der Waals surface area contributed by atoms with Gasteiger partial charge in [-0.15, -0.1) is 0 Å². The molecular formula is C27H27N3O8. The largest absolute Gasteiger partial charge is 0.497 e. The maximum absolute atomic E-state index is 12.5. The fourth-order valence-corrected chi connectivity index (χ4v) is 3.21. The predicted octanol–water partition coefficient (Wildman–Crippen LogP) is 2.82. The van der Waals surface area contributed by atoms with Crippen LogP contribution in [0.2, 0.25) is 0 Å². The van der Waals surface area contributed by atoms with Crippen LogP contribution in [0.3, 0.4) is 0 Å². The van der Waals surface area contributed by atoms with Crippen LogP contribution in [-0.4, -0.2) is 59.0 Å². The Morgan fingerprint density at radius 1 is 0.763 bits per heavy atom. The van der Waals surface area contributed by atoms with Gasteiger partial charge in [-0.05, 0) is 66.2 Å². The molecule has 38 heavy (non-hydrogen) atoms. The summed E-state index contributed by atoms with van der Waals surface area (Å²) >= 11 is 0. The molecule has 11 nitrogen and oxygen atoms in total. The molecule has 11 heteroatoms. The molecule has 2 N–H and O–H groups in total. The van der Waals surface area contributed by atoms with Gasteiger partial charge in [-0.1, -0.05) is 0 Å². The summed E-state index contributed by atoms with van der Waals surface area (Å²) < 4.78 is 26.1. The molecule has 0 aromatic heterocycles. The number of methoxy groups -OCH3 is 4. The van der Waals surface area contributed by atoms with Gasteiger partial charge in [-0.25, -0.2) is 10.2 Å². The van der Waals surface area contributed by atoms with Crippen LogP contribution in [0.4, 0.5) is 0 Å². The lowest BCUT2D eigenvalue weighted by Crippen LogP contribution is -2.34. The van der Waals surface area contributed by atoms with Crippen molar-refractivity contribution in [3.05, 3.63) is 77.4 Å². The zero-order valence-electron chi connectivity index (χ0n) is 21.3. The van der Waals surface area contributed by atoms with E-state index < -0.39 is 17.8 Å². The Morgan fingerprint density at radius 2 is 1.37 bits per heavy atom. The van der Waals surface area contributed by atoms with Crippen molar-refractivity contribution in [2.45, 2.75) is 0 Å².